The SMILES string of the molecule is N#Cc1cccc(-c2c(Cl)c(Cl)c(C#N)c(C#N)c2-c2c(Cl)c(Cl)cc(C#N)c2C#N)c1C#N. The summed E-state index contributed by atoms with van der Waals surface area (Å²) in [6.07, 6.45) is 0. The summed E-state index contributed by atoms with van der Waals surface area (Å²) in [5, 5.41) is 57.6. The van der Waals surface area contributed by atoms with Gasteiger partial charge in [-0.3, -0.25) is 0 Å². The Balaban J connectivity index is 2.79. The molecule has 0 N–H and O–H groups in total. The minimum atomic E-state index is -0.304. The van der Waals surface area contributed by atoms with Crippen LogP contribution in [0.4, 0.5) is 0 Å². The highest BCUT2D eigenvalue weighted by Crippen LogP contribution is 2.50. The molecule has 6 nitrogen and oxygen atoms in total. The predicted molar refractivity (Wildman–Crippen MR) is 126 cm³/mol. The Hall–Kier alpha value is -4.24. The summed E-state index contributed by atoms with van der Waals surface area (Å²) in [5.41, 5.74) is -1.25. The Morgan fingerprint density at radius 3 is 1.62 bits per heavy atom. The van der Waals surface area contributed by atoms with E-state index < -0.39 is 0 Å². The van der Waals surface area contributed by atoms with Crippen molar-refractivity contribution in [1.29, 1.82) is 31.6 Å². The summed E-state index contributed by atoms with van der Waals surface area (Å²) in [7, 11) is 0. The number of nitriles is 6. The van der Waals surface area contributed by atoms with Crippen LogP contribution in [0.25, 0.3) is 22.3 Å². The average molecular weight is 518 g/mol. The molecule has 0 spiro atoms. The van der Waals surface area contributed by atoms with E-state index in [2.05, 4.69) is 0 Å². The molecule has 0 aliphatic carbocycles. The van der Waals surface area contributed by atoms with Gasteiger partial charge in [0.05, 0.1) is 53.5 Å². The van der Waals surface area contributed by atoms with Crippen LogP contribution in [0.3, 0.4) is 0 Å². The van der Waals surface area contributed by atoms with Crippen molar-refractivity contribution in [1.82, 2.24) is 0 Å². The van der Waals surface area contributed by atoms with Crippen molar-refractivity contribution < 1.29 is 0 Å². The molecule has 0 heterocycles. The number of nitrogens with zero attached hydrogens (tertiary/aromatic N) is 6. The lowest BCUT2D eigenvalue weighted by Crippen LogP contribution is -2.03. The molecule has 3 rings (SSSR count). The second-order valence-corrected chi connectivity index (χ2v) is 8.04. The summed E-state index contributed by atoms with van der Waals surface area (Å²) in [4.78, 5) is 0. The zero-order valence-corrected chi connectivity index (χ0v) is 19.5. The maximum atomic E-state index is 10.0. The van der Waals surface area contributed by atoms with Crippen LogP contribution < -0.4 is 0 Å². The minimum absolute atomic E-state index is 0.0106. The van der Waals surface area contributed by atoms with Crippen LogP contribution in [-0.2, 0) is 0 Å². The minimum Gasteiger partial charge on any atom is -0.192 e. The predicted octanol–water partition coefficient (Wildman–Crippen LogP) is 6.86. The molecule has 0 aliphatic rings. The zero-order chi connectivity index (χ0) is 25.2. The highest BCUT2D eigenvalue weighted by molar-refractivity contribution is 6.46. The van der Waals surface area contributed by atoms with Gasteiger partial charge in [0.2, 0.25) is 0 Å². The van der Waals surface area contributed by atoms with Gasteiger partial charge in [0.1, 0.15) is 36.4 Å². The van der Waals surface area contributed by atoms with Crippen LogP contribution in [-0.4, -0.2) is 0 Å². The molecule has 0 bridgehead atoms. The smallest absolute Gasteiger partial charge is 0.102 e. The average Bonchev–Trinajstić information content (AvgIpc) is 2.85. The van der Waals surface area contributed by atoms with Crippen molar-refractivity contribution in [3.05, 3.63) is 77.7 Å². The fraction of sp³-hybridized carbons (Fsp3) is 0. The van der Waals surface area contributed by atoms with E-state index in [1.165, 1.54) is 24.3 Å². The third-order valence-corrected chi connectivity index (χ3v) is 6.51. The molecule has 10 heteroatoms. The van der Waals surface area contributed by atoms with Gasteiger partial charge in [-0.15, -0.1) is 0 Å². The van der Waals surface area contributed by atoms with E-state index in [-0.39, 0.29) is 75.7 Å². The topological polar surface area (TPSA) is 143 Å². The summed E-state index contributed by atoms with van der Waals surface area (Å²) >= 11 is 25.6. The van der Waals surface area contributed by atoms with Gasteiger partial charge in [-0.25, -0.2) is 0 Å². The van der Waals surface area contributed by atoms with E-state index in [0.29, 0.717) is 0 Å². The van der Waals surface area contributed by atoms with Gasteiger partial charge in [0, 0.05) is 22.3 Å². The van der Waals surface area contributed by atoms with E-state index >= 15 is 0 Å². The van der Waals surface area contributed by atoms with Crippen LogP contribution in [0, 0.1) is 68.0 Å². The van der Waals surface area contributed by atoms with Crippen LogP contribution in [0.2, 0.25) is 20.1 Å². The van der Waals surface area contributed by atoms with E-state index in [0.717, 1.165) is 0 Å². The Kier molecular flexibility index (Phi) is 6.97. The first kappa shape index (κ1) is 24.4. The van der Waals surface area contributed by atoms with Gasteiger partial charge >= 0.3 is 0 Å². The van der Waals surface area contributed by atoms with Crippen molar-refractivity contribution >= 4 is 46.4 Å². The van der Waals surface area contributed by atoms with Gasteiger partial charge < -0.3 is 0 Å². The second kappa shape index (κ2) is 9.72. The summed E-state index contributed by atoms with van der Waals surface area (Å²) in [5.74, 6) is 0. The van der Waals surface area contributed by atoms with Crippen LogP contribution >= 0.6 is 46.4 Å². The molecule has 0 saturated heterocycles. The number of rotatable bonds is 2. The van der Waals surface area contributed by atoms with Gasteiger partial charge in [-0.2, -0.15) is 31.6 Å². The Morgan fingerprint density at radius 1 is 0.500 bits per heavy atom. The zero-order valence-electron chi connectivity index (χ0n) is 16.5. The van der Waals surface area contributed by atoms with E-state index in [4.69, 9.17) is 46.4 Å². The summed E-state index contributed by atoms with van der Waals surface area (Å²) in [6.45, 7) is 0. The van der Waals surface area contributed by atoms with E-state index in [9.17, 15) is 31.6 Å². The van der Waals surface area contributed by atoms with Gasteiger partial charge in [-0.1, -0.05) is 58.5 Å². The largest absolute Gasteiger partial charge is 0.192 e. The molecule has 3 aromatic rings. The van der Waals surface area contributed by atoms with Gasteiger partial charge in [-0.05, 0) is 12.1 Å². The quantitative estimate of drug-likeness (QED) is 0.363. The Labute approximate surface area is 213 Å². The monoisotopic (exact) mass is 516 g/mol. The summed E-state index contributed by atoms with van der Waals surface area (Å²) < 4.78 is 0. The van der Waals surface area contributed by atoms with Crippen molar-refractivity contribution in [3.8, 4) is 58.7 Å². The second-order valence-electron chi connectivity index (χ2n) is 6.50. The van der Waals surface area contributed by atoms with Crippen molar-refractivity contribution in [2.45, 2.75) is 0 Å². The molecule has 3 aromatic carbocycles. The fourth-order valence-electron chi connectivity index (χ4n) is 3.45. The van der Waals surface area contributed by atoms with Crippen molar-refractivity contribution in [2.24, 2.45) is 0 Å². The lowest BCUT2D eigenvalue weighted by Gasteiger charge is -2.20. The number of hydrogen-bond donors (Lipinski definition) is 0. The van der Waals surface area contributed by atoms with Gasteiger partial charge in [0.25, 0.3) is 0 Å². The molecular formula is C24H4Cl4N6. The van der Waals surface area contributed by atoms with Crippen LogP contribution in [0.1, 0.15) is 33.4 Å². The highest BCUT2D eigenvalue weighted by atomic mass is 35.5. The third kappa shape index (κ3) is 3.65. The highest BCUT2D eigenvalue weighted by Gasteiger charge is 2.30. The fourth-order valence-corrected chi connectivity index (χ4v) is 4.42. The normalized spacial score (nSPS) is 9.59. The molecule has 0 saturated carbocycles. The molecule has 34 heavy (non-hydrogen) atoms. The molecule has 0 unspecified atom stereocenters. The van der Waals surface area contributed by atoms with Crippen molar-refractivity contribution in [3.63, 3.8) is 0 Å². The lowest BCUT2D eigenvalue weighted by molar-refractivity contribution is 1.39. The van der Waals surface area contributed by atoms with E-state index in [1.807, 2.05) is 36.4 Å². The third-order valence-electron chi connectivity index (χ3n) is 4.87. The lowest BCUT2D eigenvalue weighted by atomic mass is 9.83. The molecule has 0 atom stereocenters. The van der Waals surface area contributed by atoms with Gasteiger partial charge in [0.15, 0.2) is 0 Å². The number of benzene rings is 3. The molecule has 0 radical (unpaired) electrons. The molecule has 0 amide bonds. The van der Waals surface area contributed by atoms with Crippen molar-refractivity contribution in [2.75, 3.05) is 0 Å². The van der Waals surface area contributed by atoms with E-state index in [1.54, 1.807) is 0 Å². The number of hydrogen-bond acceptors (Lipinski definition) is 6. The molecule has 0 aromatic heterocycles. The Morgan fingerprint density at radius 2 is 1.09 bits per heavy atom. The maximum absolute atomic E-state index is 10.0. The Bertz CT molecular complexity index is 1670. The molecule has 0 aliphatic heterocycles. The van der Waals surface area contributed by atoms with Crippen LogP contribution in [0.5, 0.6) is 0 Å². The number of halogens is 4. The molecule has 0 fully saturated rings. The molecule has 158 valence electrons. The van der Waals surface area contributed by atoms with Crippen LogP contribution in [0.15, 0.2) is 24.3 Å². The first-order valence-electron chi connectivity index (χ1n) is 8.92. The summed E-state index contributed by atoms with van der Waals surface area (Å²) in [6, 6.07) is 16.8. The maximum Gasteiger partial charge on any atom is 0.102 e. The first-order valence-corrected chi connectivity index (χ1v) is 10.4. The molecular weight excluding hydrogens is 514 g/mol. The first-order chi connectivity index (χ1) is 16.3. The standard InChI is InChI=1S/C24H4Cl4N6/c25-18-4-12(6-30)15(8-32)21(23(18)27)19-16(9-33)17(10-34)22(26)24(28)20(19)13-3-1-2-11(5-29)14(13)7-31/h1-4H.